The summed E-state index contributed by atoms with van der Waals surface area (Å²) < 4.78 is 7.46. The zero-order chi connectivity index (χ0) is 18.6. The number of rotatable bonds is 5. The molecule has 1 amide bonds. The minimum atomic E-state index is -0.343. The number of nitriles is 1. The van der Waals surface area contributed by atoms with Crippen molar-refractivity contribution in [1.82, 2.24) is 25.4 Å². The SMILES string of the molecule is N#Cc1cccc(-c2cnc(C(=O)N[C@H]3CN[C@H](Cn4cccn4)C3)o2)c1. The fourth-order valence-corrected chi connectivity index (χ4v) is 3.20. The Morgan fingerprint density at radius 2 is 2.37 bits per heavy atom. The number of aromatic nitrogens is 3. The van der Waals surface area contributed by atoms with Crippen molar-refractivity contribution in [3.63, 3.8) is 0 Å². The van der Waals surface area contributed by atoms with Crippen molar-refractivity contribution in [1.29, 1.82) is 5.26 Å². The molecule has 3 heterocycles. The molecule has 0 unspecified atom stereocenters. The lowest BCUT2D eigenvalue weighted by atomic mass is 10.1. The van der Waals surface area contributed by atoms with Crippen molar-refractivity contribution < 1.29 is 9.21 Å². The van der Waals surface area contributed by atoms with E-state index in [0.717, 1.165) is 13.0 Å². The zero-order valence-corrected chi connectivity index (χ0v) is 14.5. The van der Waals surface area contributed by atoms with Crippen LogP contribution in [0.4, 0.5) is 0 Å². The molecule has 0 bridgehead atoms. The molecule has 27 heavy (non-hydrogen) atoms. The number of nitrogens with one attached hydrogen (secondary N) is 2. The second-order valence-corrected chi connectivity index (χ2v) is 6.46. The minimum Gasteiger partial charge on any atom is -0.432 e. The molecule has 0 radical (unpaired) electrons. The second-order valence-electron chi connectivity index (χ2n) is 6.46. The number of hydrogen-bond donors (Lipinski definition) is 2. The maximum atomic E-state index is 12.4. The third-order valence-corrected chi connectivity index (χ3v) is 4.50. The molecule has 2 aromatic heterocycles. The number of benzene rings is 1. The Bertz CT molecular complexity index is 972. The zero-order valence-electron chi connectivity index (χ0n) is 14.5. The largest absolute Gasteiger partial charge is 0.432 e. The van der Waals surface area contributed by atoms with Crippen LogP contribution < -0.4 is 10.6 Å². The van der Waals surface area contributed by atoms with Crippen molar-refractivity contribution >= 4 is 5.91 Å². The molecule has 0 spiro atoms. The van der Waals surface area contributed by atoms with E-state index in [1.165, 1.54) is 6.20 Å². The summed E-state index contributed by atoms with van der Waals surface area (Å²) in [6.45, 7) is 1.45. The Morgan fingerprint density at radius 3 is 3.19 bits per heavy atom. The van der Waals surface area contributed by atoms with Gasteiger partial charge in [-0.05, 0) is 24.6 Å². The molecule has 1 aromatic carbocycles. The molecule has 0 saturated carbocycles. The van der Waals surface area contributed by atoms with E-state index in [-0.39, 0.29) is 23.9 Å². The van der Waals surface area contributed by atoms with Crippen LogP contribution in [0.2, 0.25) is 0 Å². The Balaban J connectivity index is 1.36. The Morgan fingerprint density at radius 1 is 1.44 bits per heavy atom. The quantitative estimate of drug-likeness (QED) is 0.713. The molecule has 8 nitrogen and oxygen atoms in total. The molecule has 136 valence electrons. The standard InChI is InChI=1S/C19H18N6O2/c20-9-13-3-1-4-14(7-13)17-11-22-19(27-17)18(26)24-15-8-16(21-10-15)12-25-6-2-5-23-25/h1-7,11,15-16,21H,8,10,12H2,(H,24,26)/t15-,16+/m1/s1. The first-order valence-corrected chi connectivity index (χ1v) is 8.69. The summed E-state index contributed by atoms with van der Waals surface area (Å²) in [4.78, 5) is 16.5. The highest BCUT2D eigenvalue weighted by Gasteiger charge is 2.27. The predicted molar refractivity (Wildman–Crippen MR) is 96.5 cm³/mol. The van der Waals surface area contributed by atoms with Gasteiger partial charge in [-0.15, -0.1) is 0 Å². The molecule has 4 rings (SSSR count). The third kappa shape index (κ3) is 3.88. The van der Waals surface area contributed by atoms with Crippen LogP contribution in [-0.2, 0) is 6.54 Å². The summed E-state index contributed by atoms with van der Waals surface area (Å²) in [5.74, 6) is 0.130. The van der Waals surface area contributed by atoms with E-state index in [1.54, 1.807) is 24.4 Å². The van der Waals surface area contributed by atoms with Gasteiger partial charge in [0.05, 0.1) is 24.4 Å². The Hall–Kier alpha value is -3.44. The lowest BCUT2D eigenvalue weighted by Crippen LogP contribution is -2.36. The Kier molecular flexibility index (Phi) is 4.68. The summed E-state index contributed by atoms with van der Waals surface area (Å²) in [5.41, 5.74) is 1.23. The number of carbonyl (C=O) groups excluding carboxylic acids is 1. The van der Waals surface area contributed by atoms with E-state index in [2.05, 4.69) is 26.8 Å². The van der Waals surface area contributed by atoms with Crippen molar-refractivity contribution in [3.8, 4) is 17.4 Å². The lowest BCUT2D eigenvalue weighted by Gasteiger charge is -2.11. The van der Waals surface area contributed by atoms with Gasteiger partial charge in [-0.3, -0.25) is 9.48 Å². The fourth-order valence-electron chi connectivity index (χ4n) is 3.20. The van der Waals surface area contributed by atoms with Gasteiger partial charge >= 0.3 is 5.91 Å². The maximum Gasteiger partial charge on any atom is 0.307 e. The maximum absolute atomic E-state index is 12.4. The van der Waals surface area contributed by atoms with Crippen LogP contribution in [0.3, 0.4) is 0 Å². The van der Waals surface area contributed by atoms with Crippen molar-refractivity contribution in [2.24, 2.45) is 0 Å². The highest BCUT2D eigenvalue weighted by atomic mass is 16.4. The van der Waals surface area contributed by atoms with Crippen LogP contribution in [0.1, 0.15) is 22.7 Å². The van der Waals surface area contributed by atoms with E-state index in [9.17, 15) is 4.79 Å². The van der Waals surface area contributed by atoms with Gasteiger partial charge in [0.25, 0.3) is 5.89 Å². The molecular formula is C19H18N6O2. The van der Waals surface area contributed by atoms with Gasteiger partial charge in [0.1, 0.15) is 0 Å². The van der Waals surface area contributed by atoms with Crippen molar-refractivity contribution in [2.45, 2.75) is 25.0 Å². The fraction of sp³-hybridized carbons (Fsp3) is 0.263. The molecule has 1 fully saturated rings. The average Bonchev–Trinajstić information content (AvgIpc) is 3.44. The summed E-state index contributed by atoms with van der Waals surface area (Å²) in [5, 5.41) is 19.5. The Labute approximate surface area is 155 Å². The van der Waals surface area contributed by atoms with Gasteiger partial charge in [-0.25, -0.2) is 4.98 Å². The molecule has 1 aliphatic heterocycles. The predicted octanol–water partition coefficient (Wildman–Crippen LogP) is 1.57. The van der Waals surface area contributed by atoms with Crippen LogP contribution in [0, 0.1) is 11.3 Å². The van der Waals surface area contributed by atoms with E-state index >= 15 is 0 Å². The van der Waals surface area contributed by atoms with Crippen LogP contribution in [0.25, 0.3) is 11.3 Å². The first-order valence-electron chi connectivity index (χ1n) is 8.69. The van der Waals surface area contributed by atoms with Gasteiger partial charge in [0, 0.05) is 36.6 Å². The molecule has 1 aliphatic rings. The monoisotopic (exact) mass is 362 g/mol. The van der Waals surface area contributed by atoms with E-state index < -0.39 is 0 Å². The van der Waals surface area contributed by atoms with Gasteiger partial charge in [-0.1, -0.05) is 12.1 Å². The second kappa shape index (κ2) is 7.43. The third-order valence-electron chi connectivity index (χ3n) is 4.50. The number of carbonyl (C=O) groups is 1. The first kappa shape index (κ1) is 17.0. The van der Waals surface area contributed by atoms with Gasteiger partial charge in [0.15, 0.2) is 5.76 Å². The molecule has 2 N–H and O–H groups in total. The molecule has 0 aliphatic carbocycles. The normalized spacial score (nSPS) is 18.9. The summed E-state index contributed by atoms with van der Waals surface area (Å²) >= 11 is 0. The van der Waals surface area contributed by atoms with Gasteiger partial charge in [0.2, 0.25) is 0 Å². The highest BCUT2D eigenvalue weighted by Crippen LogP contribution is 2.21. The van der Waals surface area contributed by atoms with Crippen LogP contribution >= 0.6 is 0 Å². The van der Waals surface area contributed by atoms with E-state index in [4.69, 9.17) is 9.68 Å². The molecule has 2 atom stereocenters. The topological polar surface area (TPSA) is 109 Å². The first-order chi connectivity index (χ1) is 13.2. The highest BCUT2D eigenvalue weighted by molar-refractivity contribution is 5.90. The minimum absolute atomic E-state index is 0.00956. The van der Waals surface area contributed by atoms with E-state index in [1.807, 2.05) is 23.0 Å². The molecule has 3 aromatic rings. The lowest BCUT2D eigenvalue weighted by molar-refractivity contribution is 0.0905. The van der Waals surface area contributed by atoms with Crippen molar-refractivity contribution in [2.75, 3.05) is 6.54 Å². The smallest absolute Gasteiger partial charge is 0.307 e. The summed E-state index contributed by atoms with van der Waals surface area (Å²) in [6, 6.07) is 11.2. The average molecular weight is 362 g/mol. The molecular weight excluding hydrogens is 344 g/mol. The summed E-state index contributed by atoms with van der Waals surface area (Å²) in [7, 11) is 0. The summed E-state index contributed by atoms with van der Waals surface area (Å²) in [6.07, 6.45) is 5.98. The van der Waals surface area contributed by atoms with Gasteiger partial charge in [-0.2, -0.15) is 10.4 Å². The van der Waals surface area contributed by atoms with Crippen molar-refractivity contribution in [3.05, 3.63) is 60.4 Å². The number of oxazole rings is 1. The van der Waals surface area contributed by atoms with Crippen LogP contribution in [0.15, 0.2) is 53.3 Å². The van der Waals surface area contributed by atoms with Gasteiger partial charge < -0.3 is 15.1 Å². The number of hydrogen-bond acceptors (Lipinski definition) is 6. The van der Waals surface area contributed by atoms with Crippen LogP contribution in [0.5, 0.6) is 0 Å². The number of amides is 1. The number of nitrogens with zero attached hydrogens (tertiary/aromatic N) is 4. The van der Waals surface area contributed by atoms with E-state index in [0.29, 0.717) is 23.4 Å². The van der Waals surface area contributed by atoms with Crippen LogP contribution in [-0.4, -0.2) is 39.3 Å². The molecule has 8 heteroatoms. The molecule has 1 saturated heterocycles.